The van der Waals surface area contributed by atoms with E-state index in [4.69, 9.17) is 23.9 Å². The predicted octanol–water partition coefficient (Wildman–Crippen LogP) is 10.8. The highest BCUT2D eigenvalue weighted by Gasteiger charge is 2.46. The number of ether oxygens (including phenoxy) is 4. The molecule has 91 heavy (non-hydrogen) atoms. The van der Waals surface area contributed by atoms with E-state index < -0.39 is 36.2 Å². The topological polar surface area (TPSA) is 214 Å². The summed E-state index contributed by atoms with van der Waals surface area (Å²) in [5.74, 6) is -0.915. The molecule has 18 nitrogen and oxygen atoms in total. The summed E-state index contributed by atoms with van der Waals surface area (Å²) in [5, 5.41) is 15.2. The van der Waals surface area contributed by atoms with Crippen molar-refractivity contribution in [3.05, 3.63) is 207 Å². The summed E-state index contributed by atoms with van der Waals surface area (Å²) in [5.41, 5.74) is 9.80. The summed E-state index contributed by atoms with van der Waals surface area (Å²) in [4.78, 5) is 106. The number of aliphatic hydroxyl groups is 1. The van der Waals surface area contributed by atoms with Gasteiger partial charge in [-0.1, -0.05) is 118 Å². The molecule has 6 aromatic rings. The van der Waals surface area contributed by atoms with Gasteiger partial charge in [-0.3, -0.25) is 33.8 Å². The third-order valence-electron chi connectivity index (χ3n) is 17.9. The Morgan fingerprint density at radius 1 is 0.692 bits per heavy atom. The molecule has 0 aliphatic carbocycles. The molecular weight excluding hydrogens is 1150 g/mol. The number of aryl methyl sites for hydroxylation is 1. The number of unbranched alkanes of at least 4 members (excludes halogenated alkanes) is 2. The van der Waals surface area contributed by atoms with Crippen LogP contribution in [0.4, 0.5) is 16.2 Å². The molecule has 5 heterocycles. The predicted molar refractivity (Wildman–Crippen MR) is 343 cm³/mol. The molecule has 6 aromatic carbocycles. The van der Waals surface area contributed by atoms with E-state index in [0.29, 0.717) is 66.2 Å². The number of methoxy groups -OCH3 is 1. The van der Waals surface area contributed by atoms with Gasteiger partial charge in [0, 0.05) is 74.9 Å². The van der Waals surface area contributed by atoms with Crippen molar-refractivity contribution >= 4 is 58.9 Å². The van der Waals surface area contributed by atoms with Crippen molar-refractivity contribution in [3.8, 4) is 17.2 Å². The van der Waals surface area contributed by atoms with E-state index in [1.165, 1.54) is 30.9 Å². The summed E-state index contributed by atoms with van der Waals surface area (Å²) in [6.07, 6.45) is 6.04. The smallest absolute Gasteiger partial charge is 0.416 e. The molecule has 5 atom stereocenters. The molecule has 0 saturated carbocycles. The molecule has 0 radical (unpaired) electrons. The van der Waals surface area contributed by atoms with Gasteiger partial charge in [-0.25, -0.2) is 9.69 Å². The second-order valence-electron chi connectivity index (χ2n) is 24.5. The summed E-state index contributed by atoms with van der Waals surface area (Å²) in [6.45, 7) is 12.5. The molecule has 0 saturated heterocycles. The summed E-state index contributed by atoms with van der Waals surface area (Å²) in [6, 6.07) is 35.4. The first-order valence-corrected chi connectivity index (χ1v) is 31.2. The normalized spacial score (nSPS) is 17.8. The number of aliphatic hydroxyl groups excluding tert-OH is 1. The van der Waals surface area contributed by atoms with Crippen molar-refractivity contribution in [2.24, 2.45) is 16.8 Å². The zero-order valence-corrected chi connectivity index (χ0v) is 52.0. The minimum absolute atomic E-state index is 0.00563. The Morgan fingerprint density at radius 2 is 1.35 bits per heavy atom. The standard InChI is InChI=1S/C73H76N6O12/c1-44(2)58(34-57(80)21-8-7-13-28-76-46(4)22-27-68(76)82)69(83)75-47(5)64(81)31-48-23-25-49(26-24-48)41-91-73(87)79-62-37-67(66(88-6)35-60(62)71(85)78-40-55-20-12-10-18-53(55)33-63(78)72(79)86)90-43-51-16-14-15-50(30-51)42-89-65-36-61-59(29-45(65)3)70(84)77-39-54-19-11-9-17-52(54)32-56(77)38-74-61/h9-12,14-20,22-27,29-30,35-38,44,47,56,58,63,72,86H,4,7-8,13,21,28,31-34,39-43H2,1-3,5-6H3,(H,75,83)/t47-,56-,58-,63-,72?/m0/s1. The molecule has 5 amide bonds. The van der Waals surface area contributed by atoms with Crippen LogP contribution in [0.1, 0.15) is 124 Å². The number of allylic oxidation sites excluding steroid dienone is 1. The molecule has 5 aliphatic rings. The Balaban J connectivity index is 0.728. The molecule has 0 fully saturated rings. The van der Waals surface area contributed by atoms with Gasteiger partial charge in [0.05, 0.1) is 47.7 Å². The number of benzene rings is 6. The number of anilines is 1. The van der Waals surface area contributed by atoms with Crippen molar-refractivity contribution < 1.29 is 57.6 Å². The lowest BCUT2D eigenvalue weighted by atomic mass is 9.88. The quantitative estimate of drug-likeness (QED) is 0.0573. The molecule has 0 spiro atoms. The van der Waals surface area contributed by atoms with E-state index in [2.05, 4.69) is 24.0 Å². The van der Waals surface area contributed by atoms with Gasteiger partial charge in [0.1, 0.15) is 31.4 Å². The Hall–Kier alpha value is -9.68. The Bertz CT molecular complexity index is 3870. The van der Waals surface area contributed by atoms with Crippen molar-refractivity contribution in [2.45, 2.75) is 136 Å². The molecule has 18 heteroatoms. The second kappa shape index (κ2) is 27.6. The molecule has 1 unspecified atom stereocenters. The number of carbonyl (C=O) groups excluding carboxylic acids is 7. The lowest BCUT2D eigenvalue weighted by Gasteiger charge is -2.39. The zero-order valence-electron chi connectivity index (χ0n) is 52.0. The summed E-state index contributed by atoms with van der Waals surface area (Å²) >= 11 is 0. The second-order valence-corrected chi connectivity index (χ2v) is 24.5. The van der Waals surface area contributed by atoms with Gasteiger partial charge in [0.2, 0.25) is 5.91 Å². The van der Waals surface area contributed by atoms with E-state index in [-0.39, 0.29) is 110 Å². The number of fused-ring (bicyclic) bond motifs is 6. The average molecular weight is 1230 g/mol. The van der Waals surface area contributed by atoms with E-state index in [0.717, 1.165) is 51.1 Å². The molecule has 5 aliphatic heterocycles. The maximum Gasteiger partial charge on any atom is 0.416 e. The number of hydrogen-bond donors (Lipinski definition) is 2. The zero-order chi connectivity index (χ0) is 64.0. The minimum Gasteiger partial charge on any atom is -0.493 e. The fourth-order valence-corrected chi connectivity index (χ4v) is 12.6. The highest BCUT2D eigenvalue weighted by atomic mass is 16.6. The first kappa shape index (κ1) is 62.9. The fourth-order valence-electron chi connectivity index (χ4n) is 12.6. The number of nitrogens with one attached hydrogen (secondary N) is 1. The van der Waals surface area contributed by atoms with Crippen LogP contribution in [0.25, 0.3) is 0 Å². The van der Waals surface area contributed by atoms with Crippen LogP contribution in [-0.4, -0.2) is 105 Å². The Labute approximate surface area is 530 Å². The van der Waals surface area contributed by atoms with Gasteiger partial charge < -0.3 is 44.1 Å². The van der Waals surface area contributed by atoms with E-state index in [1.807, 2.05) is 105 Å². The van der Waals surface area contributed by atoms with Gasteiger partial charge in [-0.05, 0) is 120 Å². The van der Waals surface area contributed by atoms with Crippen molar-refractivity contribution in [1.82, 2.24) is 20.0 Å². The minimum atomic E-state index is -1.55. The van der Waals surface area contributed by atoms with Crippen molar-refractivity contribution in [2.75, 3.05) is 18.6 Å². The number of ketones is 2. The fraction of sp³-hybridized carbons (Fsp3) is 0.342. The van der Waals surface area contributed by atoms with Crippen molar-refractivity contribution in [3.63, 3.8) is 0 Å². The number of carbonyl (C=O) groups is 7. The number of hydrogen-bond acceptors (Lipinski definition) is 13. The third-order valence-corrected chi connectivity index (χ3v) is 17.9. The number of rotatable bonds is 23. The van der Waals surface area contributed by atoms with Crippen LogP contribution in [0.2, 0.25) is 0 Å². The lowest BCUT2D eigenvalue weighted by molar-refractivity contribution is -0.133. The molecule has 11 rings (SSSR count). The summed E-state index contributed by atoms with van der Waals surface area (Å²) in [7, 11) is 1.46. The third kappa shape index (κ3) is 14.0. The molecule has 470 valence electrons. The highest BCUT2D eigenvalue weighted by Crippen LogP contribution is 2.43. The van der Waals surface area contributed by atoms with Crippen LogP contribution < -0.4 is 24.4 Å². The van der Waals surface area contributed by atoms with Crippen LogP contribution in [0.5, 0.6) is 17.2 Å². The largest absolute Gasteiger partial charge is 0.493 e. The van der Waals surface area contributed by atoms with E-state index >= 15 is 0 Å². The lowest BCUT2D eigenvalue weighted by Crippen LogP contribution is -2.55. The first-order chi connectivity index (χ1) is 43.9. The Kier molecular flexibility index (Phi) is 19.1. The SMILES string of the molecule is C=C1C=CC(=O)N1CCCCCC(=O)C[C@H](C(=O)N[C@@H](C)C(=O)Cc1ccc(COC(=O)N2c3cc(OCc4cccc(COc5cc6c(cc5C)C(=O)N5Cc7ccccc7C[C@H]5C=N6)c4)c(OC)cc3C(=O)N3Cc4ccccc4C[C@H]3C2O)cc1)C(C)C. The molecule has 2 N–H and O–H groups in total. The Morgan fingerprint density at radius 3 is 2.03 bits per heavy atom. The van der Waals surface area contributed by atoms with Crippen molar-refractivity contribution in [1.29, 1.82) is 0 Å². The average Bonchev–Trinajstić information content (AvgIpc) is 1.66. The van der Waals surface area contributed by atoms with Gasteiger partial charge >= 0.3 is 6.09 Å². The number of Topliss-reactive ketones (excluding diaryl/α,β-unsaturated/α-hetero) is 2. The first-order valence-electron chi connectivity index (χ1n) is 31.2. The van der Waals surface area contributed by atoms with Crippen LogP contribution >= 0.6 is 0 Å². The molecular formula is C73H76N6O12. The van der Waals surface area contributed by atoms with Gasteiger partial charge in [-0.2, -0.15) is 0 Å². The molecule has 0 aromatic heterocycles. The maximum absolute atomic E-state index is 14.8. The number of aliphatic imine (C=N–C) groups is 1. The highest BCUT2D eigenvalue weighted by molar-refractivity contribution is 6.06. The van der Waals surface area contributed by atoms with Crippen LogP contribution in [0.3, 0.4) is 0 Å². The number of nitrogens with zero attached hydrogens (tertiary/aromatic N) is 5. The van der Waals surface area contributed by atoms with Crippen LogP contribution in [0, 0.1) is 18.8 Å². The maximum atomic E-state index is 14.8. The van der Waals surface area contributed by atoms with E-state index in [9.17, 15) is 38.7 Å². The number of amides is 5. The van der Waals surface area contributed by atoms with Crippen LogP contribution in [-0.2, 0) is 76.1 Å². The van der Waals surface area contributed by atoms with Gasteiger partial charge in [0.25, 0.3) is 17.7 Å². The van der Waals surface area contributed by atoms with Gasteiger partial charge in [-0.15, -0.1) is 0 Å². The van der Waals surface area contributed by atoms with Crippen LogP contribution in [0.15, 0.2) is 151 Å². The summed E-state index contributed by atoms with van der Waals surface area (Å²) < 4.78 is 24.7. The monoisotopic (exact) mass is 1230 g/mol. The van der Waals surface area contributed by atoms with E-state index in [1.54, 1.807) is 47.1 Å². The van der Waals surface area contributed by atoms with Gasteiger partial charge in [0.15, 0.2) is 23.5 Å². The molecule has 0 bridgehead atoms.